The Hall–Kier alpha value is -1.01. The average molecular weight is 362 g/mol. The first-order valence-corrected chi connectivity index (χ1v) is 6.35. The molecule has 0 fully saturated rings. The van der Waals surface area contributed by atoms with Gasteiger partial charge in [0.25, 0.3) is 5.91 Å². The lowest BCUT2D eigenvalue weighted by atomic mass is 10.2. The highest BCUT2D eigenvalue weighted by molar-refractivity contribution is 14.1. The van der Waals surface area contributed by atoms with E-state index in [1.54, 1.807) is 6.07 Å². The van der Waals surface area contributed by atoms with Crippen LogP contribution >= 0.6 is 34.2 Å². The lowest BCUT2D eigenvalue weighted by molar-refractivity contribution is 0.0996. The highest BCUT2D eigenvalue weighted by Crippen LogP contribution is 2.20. The second kappa shape index (κ2) is 5.10. The molecular formula is C12H9ClINO2. The summed E-state index contributed by atoms with van der Waals surface area (Å²) in [5.41, 5.74) is 1.77. The summed E-state index contributed by atoms with van der Waals surface area (Å²) in [4.78, 5) is 11.8. The number of nitrogens with one attached hydrogen (secondary N) is 1. The molecule has 0 aliphatic heterocycles. The molecule has 1 aromatic carbocycles. The zero-order valence-electron chi connectivity index (χ0n) is 8.96. The molecule has 1 heterocycles. The number of aryl methyl sites for hydroxylation is 1. The first kappa shape index (κ1) is 12.4. The van der Waals surface area contributed by atoms with E-state index < -0.39 is 0 Å². The summed E-state index contributed by atoms with van der Waals surface area (Å²) in [6.45, 7) is 1.94. The van der Waals surface area contributed by atoms with Gasteiger partial charge >= 0.3 is 0 Å². The summed E-state index contributed by atoms with van der Waals surface area (Å²) in [6.07, 6.45) is 0. The van der Waals surface area contributed by atoms with Crippen LogP contribution in [0.2, 0.25) is 5.22 Å². The number of halogens is 2. The third kappa shape index (κ3) is 3.01. The minimum absolute atomic E-state index is 0.202. The Bertz CT molecular complexity index is 565. The normalized spacial score (nSPS) is 10.3. The van der Waals surface area contributed by atoms with E-state index in [0.29, 0.717) is 0 Å². The summed E-state index contributed by atoms with van der Waals surface area (Å²) in [7, 11) is 0. The maximum Gasteiger partial charge on any atom is 0.291 e. The van der Waals surface area contributed by atoms with Crippen molar-refractivity contribution in [3.63, 3.8) is 0 Å². The number of hydrogen-bond donors (Lipinski definition) is 1. The first-order valence-electron chi connectivity index (χ1n) is 4.89. The number of carbonyl (C=O) groups excluding carboxylic acids is 1. The third-order valence-corrected chi connectivity index (χ3v) is 3.11. The highest BCUT2D eigenvalue weighted by atomic mass is 127. The van der Waals surface area contributed by atoms with E-state index in [4.69, 9.17) is 16.0 Å². The van der Waals surface area contributed by atoms with Crippen LogP contribution in [0.4, 0.5) is 5.69 Å². The van der Waals surface area contributed by atoms with Crippen LogP contribution in [-0.4, -0.2) is 5.91 Å². The zero-order chi connectivity index (χ0) is 12.4. The van der Waals surface area contributed by atoms with Crippen LogP contribution in [0.15, 0.2) is 34.7 Å². The molecule has 0 bridgehead atoms. The standard InChI is InChI=1S/C12H9ClINO2/c1-7-6-8(14)2-3-9(7)15-12(16)10-4-5-11(13)17-10/h2-6H,1H3,(H,15,16). The van der Waals surface area contributed by atoms with Crippen molar-refractivity contribution in [2.24, 2.45) is 0 Å². The molecule has 1 aromatic heterocycles. The van der Waals surface area contributed by atoms with Crippen LogP contribution in [0.5, 0.6) is 0 Å². The molecular weight excluding hydrogens is 352 g/mol. The van der Waals surface area contributed by atoms with Gasteiger partial charge in [-0.05, 0) is 77.0 Å². The Morgan fingerprint density at radius 1 is 1.35 bits per heavy atom. The van der Waals surface area contributed by atoms with Crippen molar-refractivity contribution in [2.45, 2.75) is 6.92 Å². The van der Waals surface area contributed by atoms with Gasteiger partial charge in [-0.1, -0.05) is 0 Å². The minimum Gasteiger partial charge on any atom is -0.440 e. The van der Waals surface area contributed by atoms with Crippen molar-refractivity contribution in [3.05, 3.63) is 50.4 Å². The molecule has 3 nitrogen and oxygen atoms in total. The van der Waals surface area contributed by atoms with Gasteiger partial charge in [0.1, 0.15) is 0 Å². The second-order valence-corrected chi connectivity index (χ2v) is 5.14. The van der Waals surface area contributed by atoms with Gasteiger partial charge in [-0.15, -0.1) is 0 Å². The Morgan fingerprint density at radius 3 is 2.71 bits per heavy atom. The van der Waals surface area contributed by atoms with Gasteiger partial charge in [-0.2, -0.15) is 0 Å². The molecule has 17 heavy (non-hydrogen) atoms. The fraction of sp³-hybridized carbons (Fsp3) is 0.0833. The van der Waals surface area contributed by atoms with Crippen LogP contribution in [0, 0.1) is 10.5 Å². The number of hydrogen-bond acceptors (Lipinski definition) is 2. The molecule has 0 radical (unpaired) electrons. The summed E-state index contributed by atoms with van der Waals surface area (Å²) in [5, 5.41) is 2.98. The van der Waals surface area contributed by atoms with Crippen molar-refractivity contribution < 1.29 is 9.21 Å². The number of rotatable bonds is 2. The molecule has 0 atom stereocenters. The van der Waals surface area contributed by atoms with E-state index in [9.17, 15) is 4.79 Å². The van der Waals surface area contributed by atoms with Crippen LogP contribution in [0.1, 0.15) is 16.1 Å². The van der Waals surface area contributed by atoms with E-state index in [1.165, 1.54) is 6.07 Å². The van der Waals surface area contributed by atoms with Crippen molar-refractivity contribution >= 4 is 45.8 Å². The van der Waals surface area contributed by atoms with Gasteiger partial charge in [0.15, 0.2) is 11.0 Å². The smallest absolute Gasteiger partial charge is 0.291 e. The number of furan rings is 1. The largest absolute Gasteiger partial charge is 0.440 e. The monoisotopic (exact) mass is 361 g/mol. The highest BCUT2D eigenvalue weighted by Gasteiger charge is 2.11. The Labute approximate surface area is 117 Å². The Morgan fingerprint density at radius 2 is 2.12 bits per heavy atom. The van der Waals surface area contributed by atoms with Crippen molar-refractivity contribution in [3.8, 4) is 0 Å². The fourth-order valence-corrected chi connectivity index (χ4v) is 2.18. The van der Waals surface area contributed by atoms with E-state index >= 15 is 0 Å². The van der Waals surface area contributed by atoms with Gasteiger partial charge in [-0.3, -0.25) is 4.79 Å². The van der Waals surface area contributed by atoms with Gasteiger partial charge in [0.05, 0.1) is 0 Å². The molecule has 0 aliphatic rings. The summed E-state index contributed by atoms with van der Waals surface area (Å²) in [5.74, 6) is -0.103. The molecule has 0 aliphatic carbocycles. The van der Waals surface area contributed by atoms with E-state index in [0.717, 1.165) is 14.8 Å². The molecule has 0 unspecified atom stereocenters. The summed E-state index contributed by atoms with van der Waals surface area (Å²) < 4.78 is 6.16. The molecule has 88 valence electrons. The lowest BCUT2D eigenvalue weighted by Crippen LogP contribution is -2.11. The van der Waals surface area contributed by atoms with Crippen molar-refractivity contribution in [1.29, 1.82) is 0 Å². The van der Waals surface area contributed by atoms with Crippen LogP contribution < -0.4 is 5.32 Å². The summed E-state index contributed by atoms with van der Waals surface area (Å²) >= 11 is 7.83. The van der Waals surface area contributed by atoms with Crippen molar-refractivity contribution in [2.75, 3.05) is 5.32 Å². The zero-order valence-corrected chi connectivity index (χ0v) is 11.9. The fourth-order valence-electron chi connectivity index (χ4n) is 1.39. The van der Waals surface area contributed by atoms with Crippen LogP contribution in [-0.2, 0) is 0 Å². The number of anilines is 1. The van der Waals surface area contributed by atoms with Crippen LogP contribution in [0.3, 0.4) is 0 Å². The van der Waals surface area contributed by atoms with E-state index in [1.807, 2.05) is 25.1 Å². The predicted octanol–water partition coefficient (Wildman–Crippen LogP) is 4.10. The lowest BCUT2D eigenvalue weighted by Gasteiger charge is -2.07. The molecule has 1 amide bonds. The van der Waals surface area contributed by atoms with Gasteiger partial charge in [0.2, 0.25) is 0 Å². The van der Waals surface area contributed by atoms with Crippen LogP contribution in [0.25, 0.3) is 0 Å². The Kier molecular flexibility index (Phi) is 3.73. The Balaban J connectivity index is 2.18. The van der Waals surface area contributed by atoms with E-state index in [-0.39, 0.29) is 16.9 Å². The molecule has 5 heteroatoms. The number of carbonyl (C=O) groups is 1. The third-order valence-electron chi connectivity index (χ3n) is 2.23. The quantitative estimate of drug-likeness (QED) is 0.818. The average Bonchev–Trinajstić information content (AvgIpc) is 2.69. The van der Waals surface area contributed by atoms with E-state index in [2.05, 4.69) is 27.9 Å². The SMILES string of the molecule is Cc1cc(I)ccc1NC(=O)c1ccc(Cl)o1. The topological polar surface area (TPSA) is 42.2 Å². The first-order chi connectivity index (χ1) is 8.06. The minimum atomic E-state index is -0.304. The molecule has 0 spiro atoms. The molecule has 1 N–H and O–H groups in total. The maximum absolute atomic E-state index is 11.8. The summed E-state index contributed by atoms with van der Waals surface area (Å²) in [6, 6.07) is 8.86. The van der Waals surface area contributed by atoms with Gasteiger partial charge in [-0.25, -0.2) is 0 Å². The van der Waals surface area contributed by atoms with Gasteiger partial charge in [0, 0.05) is 9.26 Å². The molecule has 2 aromatic rings. The van der Waals surface area contributed by atoms with Crippen molar-refractivity contribution in [1.82, 2.24) is 0 Å². The predicted molar refractivity (Wildman–Crippen MR) is 75.6 cm³/mol. The number of benzene rings is 1. The molecule has 0 saturated carbocycles. The molecule has 2 rings (SSSR count). The van der Waals surface area contributed by atoms with Gasteiger partial charge < -0.3 is 9.73 Å². The maximum atomic E-state index is 11.8. The molecule has 0 saturated heterocycles. The second-order valence-electron chi connectivity index (χ2n) is 3.52. The number of amides is 1.